The van der Waals surface area contributed by atoms with Gasteiger partial charge in [-0.05, 0) is 25.5 Å². The summed E-state index contributed by atoms with van der Waals surface area (Å²) in [4.78, 5) is 14.8. The number of methoxy groups -OCH3 is 1. The summed E-state index contributed by atoms with van der Waals surface area (Å²) in [5.74, 6) is -1.27. The number of rotatable bonds is 1. The summed E-state index contributed by atoms with van der Waals surface area (Å²) in [7, 11) is 0.947. The van der Waals surface area contributed by atoms with Crippen LogP contribution in [0.3, 0.4) is 0 Å². The molecule has 0 radical (unpaired) electrons. The molecule has 0 N–H and O–H groups in total. The van der Waals surface area contributed by atoms with Crippen molar-refractivity contribution in [2.45, 2.75) is 43.9 Å². The van der Waals surface area contributed by atoms with Gasteiger partial charge in [0.2, 0.25) is 0 Å². The van der Waals surface area contributed by atoms with E-state index >= 15 is 0 Å². The summed E-state index contributed by atoms with van der Waals surface area (Å²) < 4.78 is 75.0. The third kappa shape index (κ3) is 2.34. The Bertz CT molecular complexity index is 663. The van der Waals surface area contributed by atoms with E-state index in [1.807, 2.05) is 0 Å². The van der Waals surface area contributed by atoms with Crippen LogP contribution in [0.1, 0.15) is 49.3 Å². The molecule has 4 heteroatoms. The summed E-state index contributed by atoms with van der Waals surface area (Å²) >= 11 is 0. The molecule has 0 aromatic rings. The van der Waals surface area contributed by atoms with Crippen molar-refractivity contribution in [3.63, 3.8) is 0 Å². The summed E-state index contributed by atoms with van der Waals surface area (Å²) in [6, 6.07) is 0. The third-order valence-corrected chi connectivity index (χ3v) is 2.44. The molecule has 2 fully saturated rings. The van der Waals surface area contributed by atoms with Crippen LogP contribution in [-0.2, 0) is 14.3 Å². The second kappa shape index (κ2) is 4.89. The van der Waals surface area contributed by atoms with Gasteiger partial charge in [-0.2, -0.15) is 0 Å². The Labute approximate surface area is 113 Å². The highest BCUT2D eigenvalue weighted by Crippen LogP contribution is 2.42. The first-order valence-corrected chi connectivity index (χ1v) is 5.07. The smallest absolute Gasteiger partial charge is 0.335 e. The maximum atomic E-state index is 11.9. The van der Waals surface area contributed by atoms with Crippen LogP contribution in [0.25, 0.3) is 4.85 Å². The molecule has 0 aromatic carbocycles. The zero-order valence-electron chi connectivity index (χ0n) is 17.3. The fourth-order valence-corrected chi connectivity index (χ4v) is 1.65. The number of carbonyl (C=O) groups is 1. The first-order chi connectivity index (χ1) is 11.2. The Morgan fingerprint density at radius 3 is 2.88 bits per heavy atom. The first kappa shape index (κ1) is 5.53. The average molecular weight is 243 g/mol. The molecule has 2 aliphatic rings. The van der Waals surface area contributed by atoms with Gasteiger partial charge in [-0.15, -0.1) is 0 Å². The van der Waals surface area contributed by atoms with E-state index in [0.29, 0.717) is 0 Å². The van der Waals surface area contributed by atoms with Gasteiger partial charge in [0.25, 0.3) is 5.70 Å². The highest BCUT2D eigenvalue weighted by atomic mass is 16.5. The molecule has 4 nitrogen and oxygen atoms in total. The summed E-state index contributed by atoms with van der Waals surface area (Å²) in [5, 5.41) is 0. The van der Waals surface area contributed by atoms with Gasteiger partial charge in [-0.25, -0.2) is 4.85 Å². The number of hydrogen-bond acceptors (Lipinski definition) is 3. The lowest BCUT2D eigenvalue weighted by Gasteiger charge is -2.35. The van der Waals surface area contributed by atoms with Crippen LogP contribution in [0.15, 0.2) is 11.3 Å². The van der Waals surface area contributed by atoms with E-state index in [-0.39, 0.29) is 12.8 Å². The van der Waals surface area contributed by atoms with E-state index in [9.17, 15) is 4.79 Å². The van der Waals surface area contributed by atoms with E-state index in [2.05, 4.69) is 9.58 Å². The SMILES string of the molecule is [2H]C1([2H])COC2(C([2H])([2H])CCC2([2H])[2H])C([2H])([2H])/C1=C(/[N+]#[C-])C(=O)OC. The molecule has 1 aliphatic carbocycles. The van der Waals surface area contributed by atoms with Gasteiger partial charge in [0.1, 0.15) is 0 Å². The number of nitrogens with zero attached hydrogens (tertiary/aromatic N) is 1. The monoisotopic (exact) mass is 243 g/mol. The lowest BCUT2D eigenvalue weighted by atomic mass is 9.87. The molecule has 17 heavy (non-hydrogen) atoms. The van der Waals surface area contributed by atoms with Crippen molar-refractivity contribution in [3.05, 3.63) is 22.7 Å². The normalized spacial score (nSPS) is 44.2. The van der Waals surface area contributed by atoms with Crippen molar-refractivity contribution in [1.29, 1.82) is 0 Å². The minimum atomic E-state index is -3.10. The molecule has 1 spiro atoms. The van der Waals surface area contributed by atoms with E-state index in [1.165, 1.54) is 0 Å². The van der Waals surface area contributed by atoms with Crippen molar-refractivity contribution >= 4 is 5.97 Å². The Hall–Kier alpha value is -1.34. The Morgan fingerprint density at radius 1 is 1.59 bits per heavy atom. The van der Waals surface area contributed by atoms with E-state index < -0.39 is 54.9 Å². The summed E-state index contributed by atoms with van der Waals surface area (Å²) in [5.41, 5.74) is -4.60. The highest BCUT2D eigenvalue weighted by molar-refractivity contribution is 5.91. The van der Waals surface area contributed by atoms with Crippen molar-refractivity contribution in [2.75, 3.05) is 13.7 Å². The van der Waals surface area contributed by atoms with Gasteiger partial charge in [0, 0.05) is 17.6 Å². The van der Waals surface area contributed by atoms with Crippen molar-refractivity contribution in [3.8, 4) is 0 Å². The first-order valence-electron chi connectivity index (χ1n) is 9.07. The van der Waals surface area contributed by atoms with Crippen LogP contribution >= 0.6 is 0 Å². The Morgan fingerprint density at radius 2 is 2.29 bits per heavy atom. The fourth-order valence-electron chi connectivity index (χ4n) is 1.65. The van der Waals surface area contributed by atoms with Crippen molar-refractivity contribution in [2.24, 2.45) is 0 Å². The van der Waals surface area contributed by atoms with Crippen LogP contribution in [0.2, 0.25) is 0 Å². The Balaban J connectivity index is 2.87. The van der Waals surface area contributed by atoms with E-state index in [1.54, 1.807) is 0 Å². The number of carbonyl (C=O) groups excluding carboxylic acids is 1. The number of hydrogen-bond donors (Lipinski definition) is 0. The maximum Gasteiger partial charge on any atom is 0.335 e. The molecule has 92 valence electrons. The number of ether oxygens (including phenoxy) is 2. The zero-order valence-corrected chi connectivity index (χ0v) is 9.29. The minimum Gasteiger partial charge on any atom is -0.474 e. The third-order valence-electron chi connectivity index (χ3n) is 2.44. The number of esters is 1. The Kier molecular flexibility index (Phi) is 1.59. The van der Waals surface area contributed by atoms with Gasteiger partial charge < -0.3 is 9.47 Å². The molecular weight excluding hydrogens is 218 g/mol. The molecule has 0 atom stereocenters. The predicted octanol–water partition coefficient (Wildman–Crippen LogP) is 2.46. The zero-order chi connectivity index (χ0) is 19.5. The van der Waals surface area contributed by atoms with Crippen LogP contribution in [0.5, 0.6) is 0 Å². The van der Waals surface area contributed by atoms with Gasteiger partial charge >= 0.3 is 5.97 Å². The van der Waals surface area contributed by atoms with E-state index in [4.69, 9.17) is 22.3 Å². The molecule has 1 aliphatic heterocycles. The largest absolute Gasteiger partial charge is 0.474 e. The van der Waals surface area contributed by atoms with Crippen molar-refractivity contribution < 1.29 is 25.2 Å². The molecule has 0 unspecified atom stereocenters. The van der Waals surface area contributed by atoms with Crippen LogP contribution in [0.4, 0.5) is 0 Å². The molecule has 0 bridgehead atoms. The second-order valence-electron chi connectivity index (χ2n) is 3.45. The molecule has 1 heterocycles. The van der Waals surface area contributed by atoms with Gasteiger partial charge in [-0.1, -0.05) is 18.4 Å². The van der Waals surface area contributed by atoms with Gasteiger partial charge in [0.15, 0.2) is 0 Å². The summed E-state index contributed by atoms with van der Waals surface area (Å²) in [6.07, 6.45) is -11.4. The van der Waals surface area contributed by atoms with E-state index in [0.717, 1.165) is 7.11 Å². The lowest BCUT2D eigenvalue weighted by molar-refractivity contribution is -0.135. The second-order valence-corrected chi connectivity index (χ2v) is 3.45. The molecule has 1 saturated carbocycles. The molecule has 0 amide bonds. The average Bonchev–Trinajstić information content (AvgIpc) is 2.66. The quantitative estimate of drug-likeness (QED) is 0.403. The standard InChI is InChI=1S/C13H17NO3/c1-14-11(12(15)16-2)10-5-8-17-13(9-10)6-3-4-7-13/h3-9H2,2H3/b11-10+/i5D2,6D2,7D2,9D2. The van der Waals surface area contributed by atoms with Gasteiger partial charge in [-0.3, -0.25) is 4.79 Å². The van der Waals surface area contributed by atoms with Crippen LogP contribution in [-0.4, -0.2) is 25.3 Å². The summed E-state index contributed by atoms with van der Waals surface area (Å²) in [6.45, 7) is 6.25. The minimum absolute atomic E-state index is 0.346. The topological polar surface area (TPSA) is 39.9 Å². The fraction of sp³-hybridized carbons (Fsp3) is 0.692. The maximum absolute atomic E-state index is 11.9. The molecule has 0 aromatic heterocycles. The molecular formula is C13H17NO3. The van der Waals surface area contributed by atoms with Crippen molar-refractivity contribution in [1.82, 2.24) is 0 Å². The highest BCUT2D eigenvalue weighted by Gasteiger charge is 2.39. The lowest BCUT2D eigenvalue weighted by Crippen LogP contribution is -2.34. The molecule has 2 rings (SSSR count). The molecule has 1 saturated heterocycles. The van der Waals surface area contributed by atoms with Crippen LogP contribution < -0.4 is 0 Å². The predicted molar refractivity (Wildman–Crippen MR) is 62.0 cm³/mol. The van der Waals surface area contributed by atoms with Crippen LogP contribution in [0, 0.1) is 6.57 Å². The van der Waals surface area contributed by atoms with Gasteiger partial charge in [0.05, 0.1) is 19.3 Å².